The van der Waals surface area contributed by atoms with Crippen LogP contribution in [0.3, 0.4) is 0 Å². The number of non-ortho nitro benzene ring substituents is 1. The molecule has 26 heavy (non-hydrogen) atoms. The molecule has 2 aromatic rings. The van der Waals surface area contributed by atoms with Crippen molar-refractivity contribution in [2.45, 2.75) is 18.7 Å². The Morgan fingerprint density at radius 3 is 2.15 bits per heavy atom. The summed E-state index contributed by atoms with van der Waals surface area (Å²) in [6.45, 7) is 5.95. The SMILES string of the molecule is CCN(CC)c1ccc(/C=N/NS(=O)(=O)c2ccc([N+](=O)[O-])cc2)cc1. The molecule has 0 spiro atoms. The number of nitro groups is 1. The summed E-state index contributed by atoms with van der Waals surface area (Å²) in [6.07, 6.45) is 1.40. The van der Waals surface area contributed by atoms with Crippen LogP contribution in [0.2, 0.25) is 0 Å². The molecule has 0 aliphatic heterocycles. The number of rotatable bonds is 8. The molecule has 0 saturated heterocycles. The summed E-state index contributed by atoms with van der Waals surface area (Å²) in [5, 5.41) is 14.4. The van der Waals surface area contributed by atoms with E-state index in [1.165, 1.54) is 6.21 Å². The molecule has 0 radical (unpaired) electrons. The zero-order valence-electron chi connectivity index (χ0n) is 14.5. The Hall–Kier alpha value is -2.94. The van der Waals surface area contributed by atoms with Gasteiger partial charge >= 0.3 is 0 Å². The summed E-state index contributed by atoms with van der Waals surface area (Å²) >= 11 is 0. The van der Waals surface area contributed by atoms with Crippen molar-refractivity contribution in [2.24, 2.45) is 5.10 Å². The van der Waals surface area contributed by atoms with E-state index < -0.39 is 14.9 Å². The van der Waals surface area contributed by atoms with Crippen LogP contribution in [0, 0.1) is 10.1 Å². The first-order valence-corrected chi connectivity index (χ1v) is 9.50. The second kappa shape index (κ2) is 8.43. The highest BCUT2D eigenvalue weighted by Crippen LogP contribution is 2.16. The third-order valence-corrected chi connectivity index (χ3v) is 5.00. The number of anilines is 1. The molecule has 8 nitrogen and oxygen atoms in total. The number of nitrogens with zero attached hydrogens (tertiary/aromatic N) is 3. The monoisotopic (exact) mass is 376 g/mol. The largest absolute Gasteiger partial charge is 0.372 e. The standard InChI is InChI=1S/C17H20N4O4S/c1-3-20(4-2)15-7-5-14(6-8-15)13-18-19-26(24,25)17-11-9-16(10-12-17)21(22)23/h5-13,19H,3-4H2,1-2H3/b18-13+. The van der Waals surface area contributed by atoms with E-state index in [-0.39, 0.29) is 10.6 Å². The molecule has 0 unspecified atom stereocenters. The Balaban J connectivity index is 2.05. The van der Waals surface area contributed by atoms with Gasteiger partial charge in [-0.3, -0.25) is 10.1 Å². The third kappa shape index (κ3) is 4.79. The Labute approximate surface area is 152 Å². The smallest absolute Gasteiger partial charge is 0.276 e. The Morgan fingerprint density at radius 2 is 1.65 bits per heavy atom. The van der Waals surface area contributed by atoms with Gasteiger partial charge in [0.05, 0.1) is 16.0 Å². The van der Waals surface area contributed by atoms with Crippen LogP contribution in [0.1, 0.15) is 19.4 Å². The fraction of sp³-hybridized carbons (Fsp3) is 0.235. The highest BCUT2D eigenvalue weighted by molar-refractivity contribution is 7.89. The zero-order chi connectivity index (χ0) is 19.2. The molecule has 0 aromatic heterocycles. The second-order valence-corrected chi connectivity index (χ2v) is 7.03. The molecule has 2 aromatic carbocycles. The van der Waals surface area contributed by atoms with Gasteiger partial charge in [0.25, 0.3) is 15.7 Å². The molecule has 0 amide bonds. The van der Waals surface area contributed by atoms with Gasteiger partial charge in [-0.05, 0) is 43.7 Å². The van der Waals surface area contributed by atoms with Crippen LogP contribution in [0.4, 0.5) is 11.4 Å². The minimum Gasteiger partial charge on any atom is -0.372 e. The average Bonchev–Trinajstić information content (AvgIpc) is 2.64. The lowest BCUT2D eigenvalue weighted by atomic mass is 10.2. The fourth-order valence-corrected chi connectivity index (χ4v) is 3.12. The van der Waals surface area contributed by atoms with Crippen molar-refractivity contribution in [3.05, 3.63) is 64.2 Å². The van der Waals surface area contributed by atoms with Gasteiger partial charge in [0, 0.05) is 30.9 Å². The number of hydrazone groups is 1. The van der Waals surface area contributed by atoms with Crippen molar-refractivity contribution in [3.63, 3.8) is 0 Å². The van der Waals surface area contributed by atoms with Crippen LogP contribution in [-0.4, -0.2) is 32.6 Å². The lowest BCUT2D eigenvalue weighted by Crippen LogP contribution is -2.21. The predicted molar refractivity (Wildman–Crippen MR) is 101 cm³/mol. The van der Waals surface area contributed by atoms with Crippen molar-refractivity contribution in [1.82, 2.24) is 4.83 Å². The molecule has 0 aliphatic rings. The van der Waals surface area contributed by atoms with Crippen molar-refractivity contribution in [3.8, 4) is 0 Å². The van der Waals surface area contributed by atoms with Crippen LogP contribution in [-0.2, 0) is 10.0 Å². The maximum absolute atomic E-state index is 12.1. The first kappa shape index (κ1) is 19.4. The summed E-state index contributed by atoms with van der Waals surface area (Å²) < 4.78 is 24.2. The lowest BCUT2D eigenvalue weighted by Gasteiger charge is -2.20. The van der Waals surface area contributed by atoms with Crippen LogP contribution < -0.4 is 9.73 Å². The Morgan fingerprint density at radius 1 is 1.08 bits per heavy atom. The van der Waals surface area contributed by atoms with E-state index in [0.717, 1.165) is 48.6 Å². The molecule has 0 heterocycles. The van der Waals surface area contributed by atoms with Crippen LogP contribution >= 0.6 is 0 Å². The maximum atomic E-state index is 12.1. The van der Waals surface area contributed by atoms with Crippen LogP contribution in [0.15, 0.2) is 58.5 Å². The van der Waals surface area contributed by atoms with Crippen molar-refractivity contribution >= 4 is 27.6 Å². The number of sulfonamides is 1. The van der Waals surface area contributed by atoms with E-state index >= 15 is 0 Å². The molecule has 2 rings (SSSR count). The predicted octanol–water partition coefficient (Wildman–Crippen LogP) is 2.75. The summed E-state index contributed by atoms with van der Waals surface area (Å²) in [4.78, 5) is 14.2. The molecule has 0 aliphatic carbocycles. The number of nitrogens with one attached hydrogen (secondary N) is 1. The van der Waals surface area contributed by atoms with Gasteiger partial charge in [-0.25, -0.2) is 4.83 Å². The van der Waals surface area contributed by atoms with Gasteiger partial charge in [-0.2, -0.15) is 13.5 Å². The molecule has 0 fully saturated rings. The minimum atomic E-state index is -3.88. The van der Waals surface area contributed by atoms with Crippen LogP contribution in [0.25, 0.3) is 0 Å². The van der Waals surface area contributed by atoms with Crippen molar-refractivity contribution in [2.75, 3.05) is 18.0 Å². The normalized spacial score (nSPS) is 11.5. The van der Waals surface area contributed by atoms with Crippen molar-refractivity contribution in [1.29, 1.82) is 0 Å². The van der Waals surface area contributed by atoms with Crippen LogP contribution in [0.5, 0.6) is 0 Å². The van der Waals surface area contributed by atoms with Gasteiger partial charge in [0.2, 0.25) is 0 Å². The molecular formula is C17H20N4O4S. The average molecular weight is 376 g/mol. The lowest BCUT2D eigenvalue weighted by molar-refractivity contribution is -0.384. The van der Waals surface area contributed by atoms with E-state index in [4.69, 9.17) is 0 Å². The van der Waals surface area contributed by atoms with Gasteiger partial charge in [0.1, 0.15) is 0 Å². The third-order valence-electron chi connectivity index (χ3n) is 3.77. The van der Waals surface area contributed by atoms with Gasteiger partial charge in [-0.1, -0.05) is 12.1 Å². The van der Waals surface area contributed by atoms with Crippen molar-refractivity contribution < 1.29 is 13.3 Å². The summed E-state index contributed by atoms with van der Waals surface area (Å²) in [7, 11) is -3.88. The first-order chi connectivity index (χ1) is 12.4. The van der Waals surface area contributed by atoms with E-state index in [1.54, 1.807) is 0 Å². The number of hydrogen-bond donors (Lipinski definition) is 1. The number of hydrogen-bond acceptors (Lipinski definition) is 6. The fourth-order valence-electron chi connectivity index (χ4n) is 2.33. The topological polar surface area (TPSA) is 105 Å². The van der Waals surface area contributed by atoms with Gasteiger partial charge in [0.15, 0.2) is 0 Å². The maximum Gasteiger partial charge on any atom is 0.276 e. The van der Waals surface area contributed by atoms with E-state index in [2.05, 4.69) is 28.7 Å². The molecule has 1 N–H and O–H groups in total. The molecular weight excluding hydrogens is 356 g/mol. The van der Waals surface area contributed by atoms with Gasteiger partial charge < -0.3 is 4.90 Å². The van der Waals surface area contributed by atoms with E-state index in [0.29, 0.717) is 0 Å². The Bertz CT molecular complexity index is 874. The van der Waals surface area contributed by atoms with E-state index in [9.17, 15) is 18.5 Å². The minimum absolute atomic E-state index is 0.0999. The Kier molecular flexibility index (Phi) is 6.29. The van der Waals surface area contributed by atoms with E-state index in [1.807, 2.05) is 24.3 Å². The molecule has 138 valence electrons. The number of benzene rings is 2. The summed E-state index contributed by atoms with van der Waals surface area (Å²) in [6, 6.07) is 12.2. The summed E-state index contributed by atoms with van der Waals surface area (Å²) in [5.41, 5.74) is 1.65. The second-order valence-electron chi connectivity index (χ2n) is 5.37. The molecule has 0 saturated carbocycles. The summed E-state index contributed by atoms with van der Waals surface area (Å²) in [5.74, 6) is 0. The molecule has 9 heteroatoms. The zero-order valence-corrected chi connectivity index (χ0v) is 15.3. The number of nitro benzene ring substituents is 1. The first-order valence-electron chi connectivity index (χ1n) is 8.01. The highest BCUT2D eigenvalue weighted by atomic mass is 32.2. The van der Waals surface area contributed by atoms with Gasteiger partial charge in [-0.15, -0.1) is 0 Å². The molecule has 0 atom stereocenters. The quantitative estimate of drug-likeness (QED) is 0.433. The highest BCUT2D eigenvalue weighted by Gasteiger charge is 2.14. The molecule has 0 bridgehead atoms.